The number of methoxy groups -OCH3 is 2. The second kappa shape index (κ2) is 6.90. The monoisotopic (exact) mass is 267 g/mol. The van der Waals surface area contributed by atoms with Crippen molar-refractivity contribution < 1.29 is 9.47 Å². The summed E-state index contributed by atoms with van der Waals surface area (Å²) < 4.78 is 10.6. The van der Waals surface area contributed by atoms with Gasteiger partial charge in [-0.3, -0.25) is 0 Å². The smallest absolute Gasteiger partial charge is 0.123 e. The highest BCUT2D eigenvalue weighted by Crippen LogP contribution is 2.26. The van der Waals surface area contributed by atoms with Crippen molar-refractivity contribution >= 4 is 11.8 Å². The second-order valence-corrected chi connectivity index (χ2v) is 5.85. The van der Waals surface area contributed by atoms with Gasteiger partial charge in [-0.05, 0) is 36.8 Å². The van der Waals surface area contributed by atoms with Crippen LogP contribution in [0.2, 0.25) is 0 Å². The van der Waals surface area contributed by atoms with Gasteiger partial charge in [0.2, 0.25) is 0 Å². The van der Waals surface area contributed by atoms with Gasteiger partial charge in [0.1, 0.15) is 11.5 Å². The Morgan fingerprint density at radius 1 is 1.33 bits per heavy atom. The first kappa shape index (κ1) is 13.6. The van der Waals surface area contributed by atoms with Crippen molar-refractivity contribution in [3.8, 4) is 11.5 Å². The summed E-state index contributed by atoms with van der Waals surface area (Å²) in [6.07, 6.45) is 2.70. The van der Waals surface area contributed by atoms with Gasteiger partial charge in [0.05, 0.1) is 14.2 Å². The van der Waals surface area contributed by atoms with Crippen LogP contribution in [-0.4, -0.2) is 31.8 Å². The standard InChI is InChI=1S/C14H21NO2S/c1-16-12-5-6-14(17-2)11(8-12)9-15-10-13-4-3-7-18-13/h5-6,8,13,15H,3-4,7,9-10H2,1-2H3. The number of hydrogen-bond acceptors (Lipinski definition) is 4. The lowest BCUT2D eigenvalue weighted by Gasteiger charge is -2.13. The molecule has 4 heteroatoms. The van der Waals surface area contributed by atoms with Crippen LogP contribution in [0.3, 0.4) is 0 Å². The zero-order chi connectivity index (χ0) is 12.8. The fraction of sp³-hybridized carbons (Fsp3) is 0.571. The van der Waals surface area contributed by atoms with Crippen LogP contribution in [0.15, 0.2) is 18.2 Å². The second-order valence-electron chi connectivity index (χ2n) is 4.44. The van der Waals surface area contributed by atoms with E-state index in [2.05, 4.69) is 17.1 Å². The van der Waals surface area contributed by atoms with E-state index in [9.17, 15) is 0 Å². The van der Waals surface area contributed by atoms with Crippen LogP contribution in [0.4, 0.5) is 0 Å². The van der Waals surface area contributed by atoms with E-state index in [1.54, 1.807) is 14.2 Å². The van der Waals surface area contributed by atoms with Crippen molar-refractivity contribution in [2.75, 3.05) is 26.5 Å². The maximum Gasteiger partial charge on any atom is 0.123 e. The number of thioether (sulfide) groups is 1. The summed E-state index contributed by atoms with van der Waals surface area (Å²) in [5.74, 6) is 3.11. The highest BCUT2D eigenvalue weighted by atomic mass is 32.2. The van der Waals surface area contributed by atoms with E-state index in [0.717, 1.165) is 35.4 Å². The molecule has 0 radical (unpaired) electrons. The van der Waals surface area contributed by atoms with Crippen LogP contribution < -0.4 is 14.8 Å². The molecule has 1 heterocycles. The van der Waals surface area contributed by atoms with Crippen molar-refractivity contribution in [3.05, 3.63) is 23.8 Å². The molecule has 1 aliphatic heterocycles. The normalized spacial score (nSPS) is 18.9. The first-order chi connectivity index (χ1) is 8.83. The summed E-state index contributed by atoms with van der Waals surface area (Å²) in [6.45, 7) is 1.91. The summed E-state index contributed by atoms with van der Waals surface area (Å²) in [7, 11) is 3.40. The summed E-state index contributed by atoms with van der Waals surface area (Å²) in [5, 5.41) is 4.29. The third-order valence-electron chi connectivity index (χ3n) is 3.20. The Labute approximate surface area is 113 Å². The highest BCUT2D eigenvalue weighted by molar-refractivity contribution is 8.00. The van der Waals surface area contributed by atoms with Gasteiger partial charge in [-0.15, -0.1) is 0 Å². The van der Waals surface area contributed by atoms with E-state index < -0.39 is 0 Å². The Bertz CT molecular complexity index is 378. The van der Waals surface area contributed by atoms with Gasteiger partial charge in [-0.1, -0.05) is 0 Å². The summed E-state index contributed by atoms with van der Waals surface area (Å²) in [4.78, 5) is 0. The van der Waals surface area contributed by atoms with E-state index in [1.165, 1.54) is 18.6 Å². The Morgan fingerprint density at radius 3 is 2.89 bits per heavy atom. The number of benzene rings is 1. The summed E-state index contributed by atoms with van der Waals surface area (Å²) >= 11 is 2.08. The quantitative estimate of drug-likeness (QED) is 0.858. The van der Waals surface area contributed by atoms with Gasteiger partial charge in [-0.2, -0.15) is 11.8 Å². The van der Waals surface area contributed by atoms with Gasteiger partial charge >= 0.3 is 0 Å². The number of ether oxygens (including phenoxy) is 2. The maximum atomic E-state index is 5.37. The number of hydrogen-bond donors (Lipinski definition) is 1. The molecule has 18 heavy (non-hydrogen) atoms. The minimum Gasteiger partial charge on any atom is -0.497 e. The Hall–Kier alpha value is -0.870. The highest BCUT2D eigenvalue weighted by Gasteiger charge is 2.15. The zero-order valence-corrected chi connectivity index (χ0v) is 11.9. The molecule has 2 rings (SSSR count). The van der Waals surface area contributed by atoms with E-state index in [1.807, 2.05) is 18.2 Å². The van der Waals surface area contributed by atoms with Gasteiger partial charge in [0, 0.05) is 23.9 Å². The van der Waals surface area contributed by atoms with Crippen LogP contribution in [0.5, 0.6) is 11.5 Å². The molecule has 0 bridgehead atoms. The first-order valence-electron chi connectivity index (χ1n) is 6.36. The largest absolute Gasteiger partial charge is 0.497 e. The van der Waals surface area contributed by atoms with E-state index in [-0.39, 0.29) is 0 Å². The third kappa shape index (κ3) is 3.56. The first-order valence-corrected chi connectivity index (χ1v) is 7.41. The lowest BCUT2D eigenvalue weighted by molar-refractivity contribution is 0.397. The predicted octanol–water partition coefficient (Wildman–Crippen LogP) is 2.69. The van der Waals surface area contributed by atoms with E-state index in [4.69, 9.17) is 9.47 Å². The predicted molar refractivity (Wildman–Crippen MR) is 76.7 cm³/mol. The molecule has 0 saturated carbocycles. The van der Waals surface area contributed by atoms with Gasteiger partial charge < -0.3 is 14.8 Å². The molecule has 1 fully saturated rings. The SMILES string of the molecule is COc1ccc(OC)c(CNCC2CCCS2)c1. The molecule has 1 saturated heterocycles. The molecule has 1 N–H and O–H groups in total. The third-order valence-corrected chi connectivity index (χ3v) is 4.60. The minimum atomic E-state index is 0.779. The zero-order valence-electron chi connectivity index (χ0n) is 11.1. The van der Waals surface area contributed by atoms with Crippen LogP contribution in [0.1, 0.15) is 18.4 Å². The minimum absolute atomic E-state index is 0.779. The van der Waals surface area contributed by atoms with Gasteiger partial charge in [-0.25, -0.2) is 0 Å². The van der Waals surface area contributed by atoms with Crippen LogP contribution in [0, 0.1) is 0 Å². The number of nitrogens with one attached hydrogen (secondary N) is 1. The Morgan fingerprint density at radius 2 is 2.22 bits per heavy atom. The molecule has 0 aliphatic carbocycles. The van der Waals surface area contributed by atoms with Crippen molar-refractivity contribution in [2.45, 2.75) is 24.6 Å². The molecule has 1 atom stereocenters. The molecule has 1 aromatic rings. The topological polar surface area (TPSA) is 30.5 Å². The molecule has 0 spiro atoms. The van der Waals surface area contributed by atoms with Crippen molar-refractivity contribution in [1.82, 2.24) is 5.32 Å². The summed E-state index contributed by atoms with van der Waals surface area (Å²) in [5.41, 5.74) is 1.15. The molecular weight excluding hydrogens is 246 g/mol. The van der Waals surface area contributed by atoms with Gasteiger partial charge in [0.15, 0.2) is 0 Å². The molecule has 100 valence electrons. The lowest BCUT2D eigenvalue weighted by Crippen LogP contribution is -2.22. The summed E-state index contributed by atoms with van der Waals surface area (Å²) in [6, 6.07) is 5.92. The van der Waals surface area contributed by atoms with Crippen molar-refractivity contribution in [3.63, 3.8) is 0 Å². The fourth-order valence-electron chi connectivity index (χ4n) is 2.19. The molecule has 1 aromatic carbocycles. The van der Waals surface area contributed by atoms with E-state index in [0.29, 0.717) is 0 Å². The van der Waals surface area contributed by atoms with Gasteiger partial charge in [0.25, 0.3) is 0 Å². The van der Waals surface area contributed by atoms with Crippen molar-refractivity contribution in [1.29, 1.82) is 0 Å². The van der Waals surface area contributed by atoms with Crippen LogP contribution in [0.25, 0.3) is 0 Å². The Balaban J connectivity index is 1.89. The van der Waals surface area contributed by atoms with Crippen LogP contribution in [-0.2, 0) is 6.54 Å². The molecule has 0 amide bonds. The van der Waals surface area contributed by atoms with Crippen LogP contribution >= 0.6 is 11.8 Å². The number of rotatable bonds is 6. The molecule has 1 unspecified atom stereocenters. The lowest BCUT2D eigenvalue weighted by atomic mass is 10.2. The average Bonchev–Trinajstić information content (AvgIpc) is 2.92. The molecule has 3 nitrogen and oxygen atoms in total. The molecular formula is C14H21NO2S. The molecule has 1 aliphatic rings. The van der Waals surface area contributed by atoms with E-state index >= 15 is 0 Å². The fourth-order valence-corrected chi connectivity index (χ4v) is 3.43. The van der Waals surface area contributed by atoms with Crippen molar-refractivity contribution in [2.24, 2.45) is 0 Å². The maximum absolute atomic E-state index is 5.37. The Kier molecular flexibility index (Phi) is 5.20. The molecule has 0 aromatic heterocycles. The average molecular weight is 267 g/mol.